The Morgan fingerprint density at radius 1 is 1.44 bits per heavy atom. The number of rotatable bonds is 5. The normalized spacial score (nSPS) is 14.6. The van der Waals surface area contributed by atoms with Crippen molar-refractivity contribution in [2.45, 2.75) is 32.4 Å². The number of aryl methyl sites for hydroxylation is 1. The lowest BCUT2D eigenvalue weighted by molar-refractivity contribution is 0.245. The highest BCUT2D eigenvalue weighted by atomic mass is 19.1. The molecule has 1 fully saturated rings. The van der Waals surface area contributed by atoms with Gasteiger partial charge in [-0.2, -0.15) is 10.4 Å². The van der Waals surface area contributed by atoms with Gasteiger partial charge >= 0.3 is 6.03 Å². The zero-order valence-electron chi connectivity index (χ0n) is 13.5. The van der Waals surface area contributed by atoms with E-state index in [1.807, 2.05) is 6.92 Å². The van der Waals surface area contributed by atoms with Gasteiger partial charge in [-0.05, 0) is 31.7 Å². The standard InChI is InChI=1S/C16H16F2N6O/c1-2-24-15(20-8-21-24)14(9-3-4-9)23-16(25)22-13-6-11(17)10(7-19)5-12(13)18/h5-6,8-9,14H,2-4H2,1H3,(H2,22,23,25)/t14-/m1/s1. The molecule has 3 rings (SSSR count). The van der Waals surface area contributed by atoms with Gasteiger partial charge in [0.05, 0.1) is 17.3 Å². The maximum Gasteiger partial charge on any atom is 0.319 e. The predicted molar refractivity (Wildman–Crippen MR) is 84.4 cm³/mol. The monoisotopic (exact) mass is 346 g/mol. The summed E-state index contributed by atoms with van der Waals surface area (Å²) in [4.78, 5) is 16.4. The number of amides is 2. The van der Waals surface area contributed by atoms with Gasteiger partial charge in [0.25, 0.3) is 0 Å². The van der Waals surface area contributed by atoms with Crippen molar-refractivity contribution in [2.75, 3.05) is 5.32 Å². The highest BCUT2D eigenvalue weighted by Crippen LogP contribution is 2.40. The highest BCUT2D eigenvalue weighted by Gasteiger charge is 2.36. The lowest BCUT2D eigenvalue weighted by Crippen LogP contribution is -2.35. The molecule has 1 atom stereocenters. The number of nitriles is 1. The van der Waals surface area contributed by atoms with Crippen LogP contribution in [0.2, 0.25) is 0 Å². The molecule has 1 aromatic heterocycles. The summed E-state index contributed by atoms with van der Waals surface area (Å²) in [5.74, 6) is -0.911. The average molecular weight is 346 g/mol. The molecule has 0 bridgehead atoms. The number of carbonyl (C=O) groups excluding carboxylic acids is 1. The molecule has 2 amide bonds. The Hall–Kier alpha value is -3.02. The van der Waals surface area contributed by atoms with Crippen LogP contribution in [0.5, 0.6) is 0 Å². The van der Waals surface area contributed by atoms with Crippen LogP contribution in [0, 0.1) is 28.9 Å². The Kier molecular flexibility index (Phi) is 4.61. The van der Waals surface area contributed by atoms with Gasteiger partial charge in [-0.3, -0.25) is 0 Å². The van der Waals surface area contributed by atoms with Gasteiger partial charge in [-0.25, -0.2) is 23.2 Å². The minimum absolute atomic E-state index is 0.239. The molecule has 7 nitrogen and oxygen atoms in total. The van der Waals surface area contributed by atoms with Gasteiger partial charge < -0.3 is 10.6 Å². The third kappa shape index (κ3) is 3.57. The summed E-state index contributed by atoms with van der Waals surface area (Å²) in [6, 6.07) is 2.05. The molecule has 25 heavy (non-hydrogen) atoms. The van der Waals surface area contributed by atoms with E-state index in [-0.39, 0.29) is 17.6 Å². The van der Waals surface area contributed by atoms with E-state index in [9.17, 15) is 13.6 Å². The van der Waals surface area contributed by atoms with Gasteiger partial charge in [-0.1, -0.05) is 0 Å². The Labute approximate surface area is 142 Å². The SMILES string of the molecule is CCn1ncnc1[C@H](NC(=O)Nc1cc(F)c(C#N)cc1F)C1CC1. The fraction of sp³-hybridized carbons (Fsp3) is 0.375. The van der Waals surface area contributed by atoms with Crippen molar-refractivity contribution < 1.29 is 13.6 Å². The fourth-order valence-electron chi connectivity index (χ4n) is 2.61. The smallest absolute Gasteiger partial charge is 0.319 e. The molecule has 1 aliphatic carbocycles. The lowest BCUT2D eigenvalue weighted by Gasteiger charge is -2.18. The summed E-state index contributed by atoms with van der Waals surface area (Å²) in [6.45, 7) is 2.52. The average Bonchev–Trinajstić information content (AvgIpc) is 3.32. The molecule has 1 saturated carbocycles. The predicted octanol–water partition coefficient (Wildman–Crippen LogP) is 2.72. The van der Waals surface area contributed by atoms with Crippen LogP contribution in [0.3, 0.4) is 0 Å². The van der Waals surface area contributed by atoms with E-state index in [4.69, 9.17) is 5.26 Å². The quantitative estimate of drug-likeness (QED) is 0.870. The third-order valence-electron chi connectivity index (χ3n) is 4.03. The van der Waals surface area contributed by atoms with E-state index in [0.717, 1.165) is 25.0 Å². The van der Waals surface area contributed by atoms with Gasteiger partial charge in [0, 0.05) is 12.6 Å². The number of aromatic nitrogens is 3. The summed E-state index contributed by atoms with van der Waals surface area (Å²) in [5, 5.41) is 17.8. The first-order valence-electron chi connectivity index (χ1n) is 7.87. The fourth-order valence-corrected chi connectivity index (χ4v) is 2.61. The molecule has 2 aromatic rings. The summed E-state index contributed by atoms with van der Waals surface area (Å²) >= 11 is 0. The molecular weight excluding hydrogens is 330 g/mol. The molecule has 0 spiro atoms. The number of hydrogen-bond acceptors (Lipinski definition) is 4. The van der Waals surface area contributed by atoms with E-state index >= 15 is 0 Å². The Balaban J connectivity index is 1.75. The van der Waals surface area contributed by atoms with Crippen molar-refractivity contribution in [3.8, 4) is 6.07 Å². The Morgan fingerprint density at radius 2 is 2.20 bits per heavy atom. The molecular formula is C16H16F2N6O. The summed E-state index contributed by atoms with van der Waals surface area (Å²) in [5.41, 5.74) is -0.754. The number of carbonyl (C=O) groups is 1. The maximum atomic E-state index is 13.9. The van der Waals surface area contributed by atoms with Crippen LogP contribution in [0.25, 0.3) is 0 Å². The van der Waals surface area contributed by atoms with Gasteiger partial charge in [0.15, 0.2) is 0 Å². The molecule has 1 heterocycles. The zero-order valence-corrected chi connectivity index (χ0v) is 13.5. The van der Waals surface area contributed by atoms with E-state index in [2.05, 4.69) is 20.7 Å². The number of halogens is 2. The molecule has 2 N–H and O–H groups in total. The van der Waals surface area contributed by atoms with Crippen molar-refractivity contribution in [1.82, 2.24) is 20.1 Å². The number of nitrogens with one attached hydrogen (secondary N) is 2. The number of hydrogen-bond donors (Lipinski definition) is 2. The van der Waals surface area contributed by atoms with Gasteiger partial charge in [-0.15, -0.1) is 0 Å². The van der Waals surface area contributed by atoms with Gasteiger partial charge in [0.1, 0.15) is 29.9 Å². The van der Waals surface area contributed by atoms with E-state index in [0.29, 0.717) is 12.4 Å². The van der Waals surface area contributed by atoms with Gasteiger partial charge in [0.2, 0.25) is 0 Å². The van der Waals surface area contributed by atoms with E-state index in [1.165, 1.54) is 6.33 Å². The second kappa shape index (κ2) is 6.84. The Morgan fingerprint density at radius 3 is 2.84 bits per heavy atom. The highest BCUT2D eigenvalue weighted by molar-refractivity contribution is 5.89. The largest absolute Gasteiger partial charge is 0.328 e. The van der Waals surface area contributed by atoms with Crippen LogP contribution >= 0.6 is 0 Å². The zero-order chi connectivity index (χ0) is 18.0. The third-order valence-corrected chi connectivity index (χ3v) is 4.03. The van der Waals surface area contributed by atoms with Crippen LogP contribution in [0.1, 0.15) is 37.2 Å². The van der Waals surface area contributed by atoms with Crippen molar-refractivity contribution >= 4 is 11.7 Å². The van der Waals surface area contributed by atoms with Crippen LogP contribution in [0.15, 0.2) is 18.5 Å². The minimum atomic E-state index is -0.899. The summed E-state index contributed by atoms with van der Waals surface area (Å²) in [6.07, 6.45) is 3.31. The molecule has 1 aromatic carbocycles. The second-order valence-electron chi connectivity index (χ2n) is 5.77. The molecule has 0 unspecified atom stereocenters. The molecule has 130 valence electrons. The second-order valence-corrected chi connectivity index (χ2v) is 5.77. The summed E-state index contributed by atoms with van der Waals surface area (Å²) < 4.78 is 29.2. The lowest BCUT2D eigenvalue weighted by atomic mass is 10.1. The first-order valence-corrected chi connectivity index (χ1v) is 7.87. The van der Waals surface area contributed by atoms with Crippen molar-refractivity contribution in [3.05, 3.63) is 41.5 Å². The molecule has 0 saturated heterocycles. The molecule has 0 aliphatic heterocycles. The number of urea groups is 1. The first kappa shape index (κ1) is 16.8. The first-order chi connectivity index (χ1) is 12.0. The topological polar surface area (TPSA) is 95.6 Å². The van der Waals surface area contributed by atoms with E-state index < -0.39 is 23.2 Å². The molecule has 9 heteroatoms. The van der Waals surface area contributed by atoms with Crippen LogP contribution < -0.4 is 10.6 Å². The number of benzene rings is 1. The van der Waals surface area contributed by atoms with Crippen molar-refractivity contribution in [2.24, 2.45) is 5.92 Å². The Bertz CT molecular complexity index is 840. The van der Waals surface area contributed by atoms with Crippen molar-refractivity contribution in [3.63, 3.8) is 0 Å². The van der Waals surface area contributed by atoms with Crippen LogP contribution in [-0.4, -0.2) is 20.8 Å². The minimum Gasteiger partial charge on any atom is -0.328 e. The summed E-state index contributed by atoms with van der Waals surface area (Å²) in [7, 11) is 0. The number of anilines is 1. The number of nitrogens with zero attached hydrogens (tertiary/aromatic N) is 4. The maximum absolute atomic E-state index is 13.9. The van der Waals surface area contributed by atoms with Crippen LogP contribution in [0.4, 0.5) is 19.3 Å². The van der Waals surface area contributed by atoms with Crippen molar-refractivity contribution in [1.29, 1.82) is 5.26 Å². The van der Waals surface area contributed by atoms with Crippen LogP contribution in [-0.2, 0) is 6.54 Å². The van der Waals surface area contributed by atoms with E-state index in [1.54, 1.807) is 10.8 Å². The molecule has 0 radical (unpaired) electrons. The molecule has 1 aliphatic rings.